The lowest BCUT2D eigenvalue weighted by Crippen LogP contribution is -2.50. The van der Waals surface area contributed by atoms with E-state index >= 15 is 0 Å². The molecule has 6 nitrogen and oxygen atoms in total. The number of anilines is 1. The van der Waals surface area contributed by atoms with Crippen molar-refractivity contribution in [3.63, 3.8) is 0 Å². The van der Waals surface area contributed by atoms with E-state index in [2.05, 4.69) is 5.32 Å². The number of ether oxygens (including phenoxy) is 1. The molecule has 2 atom stereocenters. The van der Waals surface area contributed by atoms with Crippen LogP contribution in [0.1, 0.15) is 13.3 Å². The Bertz CT molecular complexity index is 590. The van der Waals surface area contributed by atoms with Crippen LogP contribution in [0.2, 0.25) is 0 Å². The van der Waals surface area contributed by atoms with Crippen LogP contribution < -0.4 is 15.0 Å². The van der Waals surface area contributed by atoms with Gasteiger partial charge in [0.2, 0.25) is 5.91 Å². The smallest absolute Gasteiger partial charge is 0.268 e. The van der Waals surface area contributed by atoms with E-state index in [0.717, 1.165) is 19.5 Å². The zero-order chi connectivity index (χ0) is 15.7. The molecule has 0 saturated carbocycles. The molecule has 1 fully saturated rings. The number of rotatable bonds is 3. The Morgan fingerprint density at radius 1 is 1.43 bits per heavy atom. The van der Waals surface area contributed by atoms with Crippen molar-refractivity contribution < 1.29 is 14.3 Å². The van der Waals surface area contributed by atoms with Crippen molar-refractivity contribution in [1.82, 2.24) is 10.2 Å². The molecule has 2 aliphatic heterocycles. The van der Waals surface area contributed by atoms with Crippen LogP contribution in [0.15, 0.2) is 24.3 Å². The molecule has 2 aliphatic rings. The molecule has 0 spiro atoms. The van der Waals surface area contributed by atoms with Gasteiger partial charge >= 0.3 is 0 Å². The lowest BCUT2D eigenvalue weighted by molar-refractivity contribution is -0.133. The number of amides is 2. The minimum absolute atomic E-state index is 0. The first-order chi connectivity index (χ1) is 10.6. The molecule has 1 aromatic carbocycles. The molecule has 2 amide bonds. The van der Waals surface area contributed by atoms with Crippen molar-refractivity contribution in [2.75, 3.05) is 31.6 Å². The fourth-order valence-electron chi connectivity index (χ4n) is 2.94. The number of hydrogen-bond acceptors (Lipinski definition) is 4. The zero-order valence-electron chi connectivity index (χ0n) is 13.3. The van der Waals surface area contributed by atoms with Crippen molar-refractivity contribution in [3.05, 3.63) is 24.3 Å². The summed E-state index contributed by atoms with van der Waals surface area (Å²) in [5, 5.41) is 3.25. The fourth-order valence-corrected chi connectivity index (χ4v) is 2.94. The summed E-state index contributed by atoms with van der Waals surface area (Å²) in [5.74, 6) is 0.420. The molecule has 2 unspecified atom stereocenters. The third-order valence-corrected chi connectivity index (χ3v) is 4.34. The van der Waals surface area contributed by atoms with E-state index in [1.807, 2.05) is 24.3 Å². The van der Waals surface area contributed by atoms with E-state index in [9.17, 15) is 9.59 Å². The molecule has 0 bridgehead atoms. The molecule has 23 heavy (non-hydrogen) atoms. The molecule has 0 aromatic heterocycles. The Morgan fingerprint density at radius 3 is 2.87 bits per heavy atom. The minimum Gasteiger partial charge on any atom is -0.479 e. The maximum absolute atomic E-state index is 12.5. The molecule has 1 saturated heterocycles. The van der Waals surface area contributed by atoms with Gasteiger partial charge in [0.25, 0.3) is 5.91 Å². The van der Waals surface area contributed by atoms with Crippen molar-refractivity contribution >= 4 is 29.9 Å². The lowest BCUT2D eigenvalue weighted by atomic mass is 10.1. The molecule has 3 rings (SSSR count). The average molecular weight is 340 g/mol. The second-order valence-electron chi connectivity index (χ2n) is 5.80. The molecular weight excluding hydrogens is 318 g/mol. The predicted octanol–water partition coefficient (Wildman–Crippen LogP) is 1.04. The Labute approximate surface area is 142 Å². The molecule has 126 valence electrons. The molecule has 1 N–H and O–H groups in total. The molecule has 0 radical (unpaired) electrons. The predicted molar refractivity (Wildman–Crippen MR) is 90.2 cm³/mol. The van der Waals surface area contributed by atoms with Crippen LogP contribution >= 0.6 is 12.4 Å². The molecule has 0 aliphatic carbocycles. The number of likely N-dealkylation sites (N-methyl/N-ethyl adjacent to an activating group) is 1. The number of carbonyl (C=O) groups excluding carboxylic acids is 2. The minimum atomic E-state index is -0.568. The van der Waals surface area contributed by atoms with Crippen LogP contribution in [0.3, 0.4) is 0 Å². The first-order valence-electron chi connectivity index (χ1n) is 7.61. The zero-order valence-corrected chi connectivity index (χ0v) is 14.1. The van der Waals surface area contributed by atoms with Gasteiger partial charge in [0.05, 0.1) is 5.69 Å². The highest BCUT2D eigenvalue weighted by Gasteiger charge is 2.34. The third-order valence-electron chi connectivity index (χ3n) is 4.34. The lowest BCUT2D eigenvalue weighted by Gasteiger charge is -2.34. The second kappa shape index (κ2) is 7.19. The van der Waals surface area contributed by atoms with E-state index in [0.29, 0.717) is 11.4 Å². The summed E-state index contributed by atoms with van der Waals surface area (Å²) in [5.41, 5.74) is 0.664. The number of fused-ring (bicyclic) bond motifs is 1. The van der Waals surface area contributed by atoms with Crippen LogP contribution in [0, 0.1) is 0 Å². The first kappa shape index (κ1) is 17.6. The highest BCUT2D eigenvalue weighted by atomic mass is 35.5. The monoisotopic (exact) mass is 339 g/mol. The van der Waals surface area contributed by atoms with E-state index < -0.39 is 6.10 Å². The van der Waals surface area contributed by atoms with Crippen LogP contribution in [0.5, 0.6) is 5.75 Å². The van der Waals surface area contributed by atoms with Crippen molar-refractivity contribution in [2.24, 2.45) is 0 Å². The van der Waals surface area contributed by atoms with Gasteiger partial charge in [-0.05, 0) is 32.0 Å². The highest BCUT2D eigenvalue weighted by Crippen LogP contribution is 2.33. The van der Waals surface area contributed by atoms with Gasteiger partial charge in [0, 0.05) is 19.6 Å². The number of halogens is 1. The summed E-state index contributed by atoms with van der Waals surface area (Å²) in [4.78, 5) is 28.2. The van der Waals surface area contributed by atoms with E-state index in [1.54, 1.807) is 18.9 Å². The SMILES string of the molecule is CC1Oc2ccccc2N(CC(=O)N(C)C2CCNC2)C1=O.Cl. The van der Waals surface area contributed by atoms with Gasteiger partial charge in [-0.3, -0.25) is 14.5 Å². The molecule has 2 heterocycles. The topological polar surface area (TPSA) is 61.9 Å². The Hall–Kier alpha value is -1.79. The van der Waals surface area contributed by atoms with Crippen LogP contribution in [-0.4, -0.2) is 55.5 Å². The summed E-state index contributed by atoms with van der Waals surface area (Å²) in [6, 6.07) is 7.53. The summed E-state index contributed by atoms with van der Waals surface area (Å²) in [6.45, 7) is 3.50. The summed E-state index contributed by atoms with van der Waals surface area (Å²) in [7, 11) is 1.81. The van der Waals surface area contributed by atoms with Crippen LogP contribution in [0.4, 0.5) is 5.69 Å². The standard InChI is InChI=1S/C16H21N3O3.ClH/c1-11-16(21)19(13-5-3-4-6-14(13)22-11)10-15(20)18(2)12-7-8-17-9-12;/h3-6,11-12,17H,7-10H2,1-2H3;1H. The summed E-state index contributed by atoms with van der Waals surface area (Å²) >= 11 is 0. The average Bonchev–Trinajstić information content (AvgIpc) is 3.05. The first-order valence-corrected chi connectivity index (χ1v) is 7.61. The largest absolute Gasteiger partial charge is 0.479 e. The number of hydrogen-bond donors (Lipinski definition) is 1. The normalized spacial score (nSPS) is 22.9. The molecule has 7 heteroatoms. The maximum Gasteiger partial charge on any atom is 0.268 e. The summed E-state index contributed by atoms with van der Waals surface area (Å²) < 4.78 is 5.59. The van der Waals surface area contributed by atoms with Gasteiger partial charge in [0.15, 0.2) is 6.10 Å². The van der Waals surface area contributed by atoms with Gasteiger partial charge in [0.1, 0.15) is 12.3 Å². The van der Waals surface area contributed by atoms with E-state index in [1.165, 1.54) is 4.90 Å². The van der Waals surface area contributed by atoms with Gasteiger partial charge in [-0.2, -0.15) is 0 Å². The second-order valence-corrected chi connectivity index (χ2v) is 5.80. The van der Waals surface area contributed by atoms with Crippen LogP contribution in [0.25, 0.3) is 0 Å². The number of carbonyl (C=O) groups is 2. The number of benzene rings is 1. The Balaban J connectivity index is 0.00000192. The van der Waals surface area contributed by atoms with Crippen molar-refractivity contribution in [2.45, 2.75) is 25.5 Å². The van der Waals surface area contributed by atoms with Gasteiger partial charge in [-0.15, -0.1) is 12.4 Å². The quantitative estimate of drug-likeness (QED) is 0.894. The van der Waals surface area contributed by atoms with Gasteiger partial charge < -0.3 is 15.0 Å². The third kappa shape index (κ3) is 3.43. The molecular formula is C16H22ClN3O3. The summed E-state index contributed by atoms with van der Waals surface area (Å²) in [6.07, 6.45) is 0.382. The van der Waals surface area contributed by atoms with Gasteiger partial charge in [-0.1, -0.05) is 12.1 Å². The van der Waals surface area contributed by atoms with E-state index in [-0.39, 0.29) is 36.8 Å². The van der Waals surface area contributed by atoms with Crippen LogP contribution in [-0.2, 0) is 9.59 Å². The van der Waals surface area contributed by atoms with Crippen molar-refractivity contribution in [3.8, 4) is 5.75 Å². The maximum atomic E-state index is 12.5. The fraction of sp³-hybridized carbons (Fsp3) is 0.500. The number of nitrogens with zero attached hydrogens (tertiary/aromatic N) is 2. The Kier molecular flexibility index (Phi) is 5.49. The Morgan fingerprint density at radius 2 is 2.17 bits per heavy atom. The molecule has 1 aromatic rings. The van der Waals surface area contributed by atoms with E-state index in [4.69, 9.17) is 4.74 Å². The number of para-hydroxylation sites is 2. The highest BCUT2D eigenvalue weighted by molar-refractivity contribution is 6.03. The number of nitrogens with one attached hydrogen (secondary N) is 1. The van der Waals surface area contributed by atoms with Gasteiger partial charge in [-0.25, -0.2) is 0 Å². The van der Waals surface area contributed by atoms with Crippen molar-refractivity contribution in [1.29, 1.82) is 0 Å².